The van der Waals surface area contributed by atoms with Gasteiger partial charge in [-0.3, -0.25) is 30.0 Å². The van der Waals surface area contributed by atoms with E-state index in [1.54, 1.807) is 42.5 Å². The van der Waals surface area contributed by atoms with E-state index in [0.717, 1.165) is 5.56 Å². The van der Waals surface area contributed by atoms with Gasteiger partial charge in [0.1, 0.15) is 0 Å². The first-order valence-corrected chi connectivity index (χ1v) is 10.5. The number of nitrogens with one attached hydrogen (secondary N) is 2. The third-order valence-electron chi connectivity index (χ3n) is 5.21. The van der Waals surface area contributed by atoms with Crippen LogP contribution >= 0.6 is 11.6 Å². The van der Waals surface area contributed by atoms with Crippen LogP contribution in [0, 0.1) is 6.92 Å². The first-order valence-electron chi connectivity index (χ1n) is 10.1. The zero-order valence-corrected chi connectivity index (χ0v) is 18.6. The second kappa shape index (κ2) is 9.29. The standard InChI is InChI=1S/C25H17ClN2O6/c1-13-6-8-14(9-7-13)24(32)28-27-19(29)12-34-25(33)18-11-10-17-20(21(18)26)23(31)16-5-3-2-4-15(16)22(17)30/h2-11H,12H2,1H3,(H,27,29)(H,28,32). The summed E-state index contributed by atoms with van der Waals surface area (Å²) >= 11 is 6.31. The summed E-state index contributed by atoms with van der Waals surface area (Å²) in [7, 11) is 0. The molecule has 0 saturated carbocycles. The van der Waals surface area contributed by atoms with Gasteiger partial charge >= 0.3 is 5.97 Å². The number of ketones is 2. The predicted octanol–water partition coefficient (Wildman–Crippen LogP) is 3.04. The number of aryl methyl sites for hydroxylation is 1. The lowest BCUT2D eigenvalue weighted by Crippen LogP contribution is -2.43. The highest BCUT2D eigenvalue weighted by molar-refractivity contribution is 6.41. The molecule has 2 N–H and O–H groups in total. The Morgan fingerprint density at radius 1 is 0.824 bits per heavy atom. The number of amides is 2. The lowest BCUT2D eigenvalue weighted by Gasteiger charge is -2.19. The Balaban J connectivity index is 1.41. The lowest BCUT2D eigenvalue weighted by molar-refractivity contribution is -0.125. The molecule has 0 bridgehead atoms. The van der Waals surface area contributed by atoms with E-state index >= 15 is 0 Å². The predicted molar refractivity (Wildman–Crippen MR) is 122 cm³/mol. The molecule has 3 aromatic carbocycles. The molecule has 0 saturated heterocycles. The number of esters is 1. The first-order chi connectivity index (χ1) is 16.3. The zero-order valence-electron chi connectivity index (χ0n) is 17.8. The van der Waals surface area contributed by atoms with Crippen LogP contribution in [0.25, 0.3) is 0 Å². The second-order valence-corrected chi connectivity index (χ2v) is 7.88. The molecule has 0 atom stereocenters. The Morgan fingerprint density at radius 2 is 1.47 bits per heavy atom. The average Bonchev–Trinajstić information content (AvgIpc) is 2.84. The van der Waals surface area contributed by atoms with Crippen molar-refractivity contribution in [2.24, 2.45) is 0 Å². The Hall–Kier alpha value is -4.30. The van der Waals surface area contributed by atoms with E-state index in [0.29, 0.717) is 5.56 Å². The molecule has 1 aliphatic carbocycles. The molecule has 34 heavy (non-hydrogen) atoms. The van der Waals surface area contributed by atoms with Crippen LogP contribution < -0.4 is 10.9 Å². The number of halogens is 1. The number of benzene rings is 3. The van der Waals surface area contributed by atoms with Gasteiger partial charge in [-0.1, -0.05) is 53.6 Å². The van der Waals surface area contributed by atoms with E-state index in [9.17, 15) is 24.0 Å². The van der Waals surface area contributed by atoms with Crippen LogP contribution in [0.4, 0.5) is 0 Å². The Morgan fingerprint density at radius 3 is 2.15 bits per heavy atom. The van der Waals surface area contributed by atoms with Gasteiger partial charge < -0.3 is 4.74 Å². The Kier molecular flexibility index (Phi) is 6.25. The van der Waals surface area contributed by atoms with Crippen LogP contribution in [0.1, 0.15) is 58.1 Å². The van der Waals surface area contributed by atoms with Gasteiger partial charge in [-0.2, -0.15) is 0 Å². The van der Waals surface area contributed by atoms with Crippen molar-refractivity contribution in [2.45, 2.75) is 6.92 Å². The number of hydrogen-bond donors (Lipinski definition) is 2. The molecule has 0 heterocycles. The number of hydrogen-bond acceptors (Lipinski definition) is 6. The van der Waals surface area contributed by atoms with Crippen LogP contribution in [0.2, 0.25) is 5.02 Å². The third-order valence-corrected chi connectivity index (χ3v) is 5.61. The highest BCUT2D eigenvalue weighted by Gasteiger charge is 2.33. The minimum absolute atomic E-state index is 0.0850. The van der Waals surface area contributed by atoms with Gasteiger partial charge in [0.2, 0.25) is 0 Å². The van der Waals surface area contributed by atoms with Crippen molar-refractivity contribution in [3.05, 3.63) is 105 Å². The van der Waals surface area contributed by atoms with Crippen LogP contribution in [0.5, 0.6) is 0 Å². The molecule has 0 unspecified atom stereocenters. The number of fused-ring (bicyclic) bond motifs is 2. The largest absolute Gasteiger partial charge is 0.452 e. The van der Waals surface area contributed by atoms with Gasteiger partial charge in [0.15, 0.2) is 18.2 Å². The molecule has 0 aromatic heterocycles. The molecule has 0 fully saturated rings. The number of hydrazine groups is 1. The van der Waals surface area contributed by atoms with Gasteiger partial charge in [-0.15, -0.1) is 0 Å². The van der Waals surface area contributed by atoms with Gasteiger partial charge in [0, 0.05) is 22.3 Å². The summed E-state index contributed by atoms with van der Waals surface area (Å²) in [5.74, 6) is -3.16. The van der Waals surface area contributed by atoms with E-state index in [1.165, 1.54) is 18.2 Å². The summed E-state index contributed by atoms with van der Waals surface area (Å²) in [4.78, 5) is 62.2. The topological polar surface area (TPSA) is 119 Å². The number of carbonyl (C=O) groups excluding carboxylic acids is 5. The summed E-state index contributed by atoms with van der Waals surface area (Å²) in [5.41, 5.74) is 5.95. The quantitative estimate of drug-likeness (QED) is 0.345. The maximum Gasteiger partial charge on any atom is 0.340 e. The minimum atomic E-state index is -0.966. The van der Waals surface area contributed by atoms with Crippen molar-refractivity contribution in [1.29, 1.82) is 0 Å². The number of carbonyl (C=O) groups is 5. The van der Waals surface area contributed by atoms with Gasteiger partial charge in [0.05, 0.1) is 16.1 Å². The van der Waals surface area contributed by atoms with Crippen LogP contribution in [-0.2, 0) is 9.53 Å². The SMILES string of the molecule is Cc1ccc(C(=O)NNC(=O)COC(=O)c2ccc3c(c2Cl)C(=O)c2ccccc2C3=O)cc1. The number of rotatable bonds is 4. The van der Waals surface area contributed by atoms with Crippen LogP contribution in [-0.4, -0.2) is 36.0 Å². The van der Waals surface area contributed by atoms with E-state index in [4.69, 9.17) is 16.3 Å². The van der Waals surface area contributed by atoms with Crippen molar-refractivity contribution < 1.29 is 28.7 Å². The Bertz CT molecular complexity index is 1360. The molecular formula is C25H17ClN2O6. The van der Waals surface area contributed by atoms with Gasteiger partial charge in [-0.25, -0.2) is 4.79 Å². The maximum atomic E-state index is 12.9. The molecule has 8 nitrogen and oxygen atoms in total. The smallest absolute Gasteiger partial charge is 0.340 e. The molecule has 0 spiro atoms. The molecule has 4 rings (SSSR count). The Labute approximate surface area is 198 Å². The normalized spacial score (nSPS) is 11.8. The summed E-state index contributed by atoms with van der Waals surface area (Å²) in [6.45, 7) is 1.16. The molecule has 1 aliphatic rings. The third kappa shape index (κ3) is 4.31. The summed E-state index contributed by atoms with van der Waals surface area (Å²) in [6, 6.07) is 15.6. The van der Waals surface area contributed by atoms with Gasteiger partial charge in [0.25, 0.3) is 11.8 Å². The summed E-state index contributed by atoms with van der Waals surface area (Å²) in [5, 5.41) is -0.233. The lowest BCUT2D eigenvalue weighted by atomic mass is 9.83. The first kappa shape index (κ1) is 22.9. The van der Waals surface area contributed by atoms with Crippen molar-refractivity contribution in [1.82, 2.24) is 10.9 Å². The molecule has 2 amide bonds. The highest BCUT2D eigenvalue weighted by Crippen LogP contribution is 2.34. The highest BCUT2D eigenvalue weighted by atomic mass is 35.5. The zero-order chi connectivity index (χ0) is 24.4. The van der Waals surface area contributed by atoms with E-state index in [1.807, 2.05) is 6.92 Å². The summed E-state index contributed by atoms with van der Waals surface area (Å²) in [6.07, 6.45) is 0. The van der Waals surface area contributed by atoms with Crippen molar-refractivity contribution in [2.75, 3.05) is 6.61 Å². The van der Waals surface area contributed by atoms with Crippen molar-refractivity contribution in [3.63, 3.8) is 0 Å². The van der Waals surface area contributed by atoms with Crippen LogP contribution in [0.15, 0.2) is 60.7 Å². The fraction of sp³-hybridized carbons (Fsp3) is 0.0800. The van der Waals surface area contributed by atoms with Crippen molar-refractivity contribution in [3.8, 4) is 0 Å². The van der Waals surface area contributed by atoms with Gasteiger partial charge in [-0.05, 0) is 31.2 Å². The fourth-order valence-electron chi connectivity index (χ4n) is 3.45. The van der Waals surface area contributed by atoms with Crippen molar-refractivity contribution >= 4 is 41.0 Å². The second-order valence-electron chi connectivity index (χ2n) is 7.50. The minimum Gasteiger partial charge on any atom is -0.452 e. The average molecular weight is 477 g/mol. The monoisotopic (exact) mass is 476 g/mol. The molecular weight excluding hydrogens is 460 g/mol. The fourth-order valence-corrected chi connectivity index (χ4v) is 3.78. The molecule has 3 aromatic rings. The van der Waals surface area contributed by atoms with Crippen LogP contribution in [0.3, 0.4) is 0 Å². The summed E-state index contributed by atoms with van der Waals surface area (Å²) < 4.78 is 4.96. The number of ether oxygens (including phenoxy) is 1. The molecule has 9 heteroatoms. The molecule has 170 valence electrons. The molecule has 0 aliphatic heterocycles. The van der Waals surface area contributed by atoms with E-state index < -0.39 is 30.2 Å². The molecule has 0 radical (unpaired) electrons. The van der Waals surface area contributed by atoms with E-state index in [2.05, 4.69) is 10.9 Å². The maximum absolute atomic E-state index is 12.9. The van der Waals surface area contributed by atoms with E-state index in [-0.39, 0.29) is 38.6 Å².